The molecule has 2 aromatic rings. The van der Waals surface area contributed by atoms with Crippen LogP contribution in [0.5, 0.6) is 0 Å². The summed E-state index contributed by atoms with van der Waals surface area (Å²) in [6.45, 7) is 8.39. The summed E-state index contributed by atoms with van der Waals surface area (Å²) in [4.78, 5) is 26.4. The zero-order chi connectivity index (χ0) is 24.2. The second-order valence-corrected chi connectivity index (χ2v) is 10.8. The lowest BCUT2D eigenvalue weighted by Crippen LogP contribution is -2.47. The molecule has 2 N–H and O–H groups in total. The zero-order valence-corrected chi connectivity index (χ0v) is 20.5. The first kappa shape index (κ1) is 24.9. The van der Waals surface area contributed by atoms with Crippen LogP contribution in [0.15, 0.2) is 47.4 Å². The molecule has 1 aliphatic heterocycles. The molecule has 7 nitrogen and oxygen atoms in total. The minimum absolute atomic E-state index is 0.0678. The molecule has 2 amide bonds. The standard InChI is InChI=1S/C25H33N3O4S/c1-17(2)14-23(25(30)26-12-10-20-7-5-6-18(3)15-20)27-33(31,32)22-8-9-24-21(16-22)11-13-28(24)19(4)29/h5-9,15-17,23,27H,10-14H2,1-4H3,(H,26,30)/t23-/m0/s1. The van der Waals surface area contributed by atoms with Gasteiger partial charge in [-0.2, -0.15) is 4.72 Å². The Morgan fingerprint density at radius 3 is 2.55 bits per heavy atom. The fourth-order valence-corrected chi connectivity index (χ4v) is 5.39. The van der Waals surface area contributed by atoms with Gasteiger partial charge in [0, 0.05) is 25.7 Å². The molecule has 0 saturated carbocycles. The molecule has 0 fully saturated rings. The summed E-state index contributed by atoms with van der Waals surface area (Å²) in [5.41, 5.74) is 3.84. The summed E-state index contributed by atoms with van der Waals surface area (Å²) in [5.74, 6) is -0.268. The maximum atomic E-state index is 13.1. The van der Waals surface area contributed by atoms with E-state index in [0.717, 1.165) is 22.4 Å². The summed E-state index contributed by atoms with van der Waals surface area (Å²) < 4.78 is 28.8. The van der Waals surface area contributed by atoms with Gasteiger partial charge >= 0.3 is 0 Å². The molecule has 0 radical (unpaired) electrons. The highest BCUT2D eigenvalue weighted by atomic mass is 32.2. The van der Waals surface area contributed by atoms with Gasteiger partial charge in [-0.3, -0.25) is 9.59 Å². The molecule has 1 atom stereocenters. The number of sulfonamides is 1. The van der Waals surface area contributed by atoms with Crippen molar-refractivity contribution in [3.63, 3.8) is 0 Å². The molecule has 8 heteroatoms. The summed E-state index contributed by atoms with van der Waals surface area (Å²) in [6.07, 6.45) is 1.66. The van der Waals surface area contributed by atoms with Gasteiger partial charge in [-0.05, 0) is 61.4 Å². The van der Waals surface area contributed by atoms with Crippen LogP contribution in [0.25, 0.3) is 0 Å². The SMILES string of the molecule is CC(=O)N1CCc2cc(S(=O)(=O)N[C@@H](CC(C)C)C(=O)NCCc3cccc(C)c3)ccc21. The Balaban J connectivity index is 1.69. The monoisotopic (exact) mass is 471 g/mol. The molecule has 178 valence electrons. The van der Waals surface area contributed by atoms with Crippen molar-refractivity contribution in [3.05, 3.63) is 59.2 Å². The van der Waals surface area contributed by atoms with Gasteiger partial charge in [0.15, 0.2) is 0 Å². The third-order valence-corrected chi connectivity index (χ3v) is 7.22. The van der Waals surface area contributed by atoms with E-state index in [-0.39, 0.29) is 22.6 Å². The van der Waals surface area contributed by atoms with Crippen LogP contribution in [0.4, 0.5) is 5.69 Å². The number of nitrogens with zero attached hydrogens (tertiary/aromatic N) is 1. The van der Waals surface area contributed by atoms with Crippen molar-refractivity contribution in [1.82, 2.24) is 10.0 Å². The summed E-state index contributed by atoms with van der Waals surface area (Å²) in [7, 11) is -3.91. The van der Waals surface area contributed by atoms with Crippen LogP contribution in [0, 0.1) is 12.8 Å². The fourth-order valence-electron chi connectivity index (χ4n) is 4.13. The predicted octanol–water partition coefficient (Wildman–Crippen LogP) is 2.96. The van der Waals surface area contributed by atoms with E-state index in [2.05, 4.69) is 16.1 Å². The highest BCUT2D eigenvalue weighted by molar-refractivity contribution is 7.89. The van der Waals surface area contributed by atoms with Crippen LogP contribution < -0.4 is 14.9 Å². The molecule has 1 heterocycles. The number of anilines is 1. The van der Waals surface area contributed by atoms with Gasteiger partial charge < -0.3 is 10.2 Å². The average Bonchev–Trinajstić information content (AvgIpc) is 3.16. The molecule has 3 rings (SSSR count). The van der Waals surface area contributed by atoms with Crippen LogP contribution in [0.2, 0.25) is 0 Å². The molecule has 0 bridgehead atoms. The first-order valence-corrected chi connectivity index (χ1v) is 12.8. The van der Waals surface area contributed by atoms with Gasteiger partial charge in [0.05, 0.1) is 4.90 Å². The van der Waals surface area contributed by atoms with E-state index in [4.69, 9.17) is 0 Å². The third kappa shape index (κ3) is 6.42. The highest BCUT2D eigenvalue weighted by Crippen LogP contribution is 2.30. The number of amides is 2. The van der Waals surface area contributed by atoms with Gasteiger partial charge in [-0.1, -0.05) is 43.7 Å². The lowest BCUT2D eigenvalue weighted by atomic mass is 10.0. The van der Waals surface area contributed by atoms with Crippen molar-refractivity contribution in [2.45, 2.75) is 57.9 Å². The maximum absolute atomic E-state index is 13.1. The van der Waals surface area contributed by atoms with Gasteiger partial charge in [-0.15, -0.1) is 0 Å². The van der Waals surface area contributed by atoms with E-state index in [1.807, 2.05) is 39.0 Å². The van der Waals surface area contributed by atoms with Gasteiger partial charge in [0.2, 0.25) is 21.8 Å². The zero-order valence-electron chi connectivity index (χ0n) is 19.7. The number of rotatable bonds is 9. The van der Waals surface area contributed by atoms with Crippen LogP contribution in [0.1, 0.15) is 43.9 Å². The fraction of sp³-hybridized carbons (Fsp3) is 0.440. The second-order valence-electron chi connectivity index (χ2n) is 9.04. The molecule has 0 aliphatic carbocycles. The van der Waals surface area contributed by atoms with Crippen molar-refractivity contribution < 1.29 is 18.0 Å². The normalized spacial score (nSPS) is 14.3. The number of nitrogens with one attached hydrogen (secondary N) is 2. The largest absolute Gasteiger partial charge is 0.354 e. The average molecular weight is 472 g/mol. The summed E-state index contributed by atoms with van der Waals surface area (Å²) >= 11 is 0. The number of hydrogen-bond acceptors (Lipinski definition) is 4. The Hall–Kier alpha value is -2.71. The predicted molar refractivity (Wildman–Crippen MR) is 130 cm³/mol. The number of benzene rings is 2. The molecular weight excluding hydrogens is 438 g/mol. The van der Waals surface area contributed by atoms with E-state index >= 15 is 0 Å². The van der Waals surface area contributed by atoms with Crippen LogP contribution in [-0.4, -0.2) is 39.4 Å². The highest BCUT2D eigenvalue weighted by Gasteiger charge is 2.29. The maximum Gasteiger partial charge on any atom is 0.241 e. The molecule has 0 saturated heterocycles. The Bertz CT molecular complexity index is 1130. The van der Waals surface area contributed by atoms with E-state index in [0.29, 0.717) is 32.4 Å². The Kier molecular flexibility index (Phi) is 7.92. The van der Waals surface area contributed by atoms with Crippen LogP contribution in [-0.2, 0) is 32.5 Å². The van der Waals surface area contributed by atoms with E-state index in [9.17, 15) is 18.0 Å². The van der Waals surface area contributed by atoms with Crippen molar-refractivity contribution in [3.8, 4) is 0 Å². The Labute approximate surface area is 196 Å². The lowest BCUT2D eigenvalue weighted by molar-refractivity contribution is -0.123. The Morgan fingerprint density at radius 2 is 1.88 bits per heavy atom. The summed E-state index contributed by atoms with van der Waals surface area (Å²) in [6, 6.07) is 12.0. The van der Waals surface area contributed by atoms with Crippen molar-refractivity contribution in [1.29, 1.82) is 0 Å². The number of fused-ring (bicyclic) bond motifs is 1. The molecule has 1 aliphatic rings. The number of hydrogen-bond donors (Lipinski definition) is 2. The molecule has 0 unspecified atom stereocenters. The molecule has 33 heavy (non-hydrogen) atoms. The molecule has 2 aromatic carbocycles. The number of aryl methyl sites for hydroxylation is 1. The third-order valence-electron chi connectivity index (χ3n) is 5.75. The molecular formula is C25H33N3O4S. The Morgan fingerprint density at radius 1 is 1.12 bits per heavy atom. The van der Waals surface area contributed by atoms with Gasteiger partial charge in [0.25, 0.3) is 0 Å². The van der Waals surface area contributed by atoms with E-state index < -0.39 is 16.1 Å². The minimum atomic E-state index is -3.91. The smallest absolute Gasteiger partial charge is 0.241 e. The van der Waals surface area contributed by atoms with Gasteiger partial charge in [-0.25, -0.2) is 8.42 Å². The first-order valence-electron chi connectivity index (χ1n) is 11.3. The quantitative estimate of drug-likeness (QED) is 0.588. The molecule has 0 aromatic heterocycles. The van der Waals surface area contributed by atoms with Crippen molar-refractivity contribution >= 4 is 27.5 Å². The number of carbonyl (C=O) groups is 2. The molecule has 0 spiro atoms. The van der Waals surface area contributed by atoms with E-state index in [1.165, 1.54) is 13.0 Å². The van der Waals surface area contributed by atoms with Crippen LogP contribution >= 0.6 is 0 Å². The van der Waals surface area contributed by atoms with E-state index in [1.54, 1.807) is 17.0 Å². The second kappa shape index (κ2) is 10.5. The summed E-state index contributed by atoms with van der Waals surface area (Å²) in [5, 5.41) is 2.88. The van der Waals surface area contributed by atoms with Crippen LogP contribution in [0.3, 0.4) is 0 Å². The topological polar surface area (TPSA) is 95.6 Å². The number of carbonyl (C=O) groups excluding carboxylic acids is 2. The minimum Gasteiger partial charge on any atom is -0.354 e. The van der Waals surface area contributed by atoms with Crippen molar-refractivity contribution in [2.75, 3.05) is 18.0 Å². The lowest BCUT2D eigenvalue weighted by Gasteiger charge is -2.21. The van der Waals surface area contributed by atoms with Crippen molar-refractivity contribution in [2.24, 2.45) is 5.92 Å². The first-order chi connectivity index (χ1) is 15.6. The van der Waals surface area contributed by atoms with Gasteiger partial charge in [0.1, 0.15) is 6.04 Å².